The quantitative estimate of drug-likeness (QED) is 0.721. The van der Waals surface area contributed by atoms with E-state index in [1.54, 1.807) is 19.0 Å². The molecule has 0 bridgehead atoms. The third-order valence-corrected chi connectivity index (χ3v) is 3.48. The van der Waals surface area contributed by atoms with Crippen molar-refractivity contribution in [3.8, 4) is 0 Å². The van der Waals surface area contributed by atoms with E-state index in [1.165, 1.54) is 19.3 Å². The average molecular weight is 227 g/mol. The Bertz CT molecular complexity index is 230. The first-order valence-electron chi connectivity index (χ1n) is 6.18. The van der Waals surface area contributed by atoms with E-state index in [0.717, 1.165) is 12.8 Å². The van der Waals surface area contributed by atoms with Gasteiger partial charge in [0.2, 0.25) is 5.91 Å². The van der Waals surface area contributed by atoms with Crippen LogP contribution in [0.25, 0.3) is 0 Å². The summed E-state index contributed by atoms with van der Waals surface area (Å²) in [7, 11) is 5.60. The van der Waals surface area contributed by atoms with Gasteiger partial charge in [-0.05, 0) is 19.9 Å². The molecule has 1 rings (SSSR count). The molecule has 0 heterocycles. The van der Waals surface area contributed by atoms with Crippen molar-refractivity contribution < 1.29 is 4.79 Å². The molecule has 1 aliphatic rings. The van der Waals surface area contributed by atoms with Crippen molar-refractivity contribution >= 4 is 5.91 Å². The van der Waals surface area contributed by atoms with Gasteiger partial charge >= 0.3 is 0 Å². The molecule has 2 unspecified atom stereocenters. The maximum absolute atomic E-state index is 11.6. The van der Waals surface area contributed by atoms with Gasteiger partial charge in [0.25, 0.3) is 0 Å². The zero-order valence-corrected chi connectivity index (χ0v) is 10.8. The summed E-state index contributed by atoms with van der Waals surface area (Å²) in [4.78, 5) is 15.4. The molecule has 16 heavy (non-hydrogen) atoms. The topological polar surface area (TPSA) is 49.6 Å². The number of nitrogens with zero attached hydrogens (tertiary/aromatic N) is 2. The van der Waals surface area contributed by atoms with Gasteiger partial charge in [0.05, 0.1) is 6.54 Å². The Morgan fingerprint density at radius 2 is 1.81 bits per heavy atom. The van der Waals surface area contributed by atoms with Crippen molar-refractivity contribution in [3.63, 3.8) is 0 Å². The van der Waals surface area contributed by atoms with Gasteiger partial charge in [-0.25, -0.2) is 0 Å². The van der Waals surface area contributed by atoms with Gasteiger partial charge in [-0.3, -0.25) is 9.69 Å². The maximum Gasteiger partial charge on any atom is 0.236 e. The van der Waals surface area contributed by atoms with E-state index in [4.69, 9.17) is 5.73 Å². The van der Waals surface area contributed by atoms with E-state index >= 15 is 0 Å². The number of amides is 1. The SMILES string of the molecule is CN(C)C(=O)CN(C)C1CCCCCC1N. The Balaban J connectivity index is 2.50. The first-order valence-corrected chi connectivity index (χ1v) is 6.18. The van der Waals surface area contributed by atoms with Gasteiger partial charge in [-0.1, -0.05) is 19.3 Å². The van der Waals surface area contributed by atoms with Crippen LogP contribution in [0.2, 0.25) is 0 Å². The molecule has 0 aliphatic heterocycles. The Morgan fingerprint density at radius 3 is 2.44 bits per heavy atom. The van der Waals surface area contributed by atoms with Gasteiger partial charge < -0.3 is 10.6 Å². The Hall–Kier alpha value is -0.610. The van der Waals surface area contributed by atoms with E-state index in [9.17, 15) is 4.79 Å². The number of hydrogen-bond acceptors (Lipinski definition) is 3. The van der Waals surface area contributed by atoms with Crippen molar-refractivity contribution in [2.24, 2.45) is 5.73 Å². The lowest BCUT2D eigenvalue weighted by molar-refractivity contribution is -0.130. The third-order valence-electron chi connectivity index (χ3n) is 3.48. The van der Waals surface area contributed by atoms with Gasteiger partial charge in [0.1, 0.15) is 0 Å². The van der Waals surface area contributed by atoms with Crippen molar-refractivity contribution in [1.29, 1.82) is 0 Å². The molecule has 4 heteroatoms. The summed E-state index contributed by atoms with van der Waals surface area (Å²) in [5.41, 5.74) is 6.17. The maximum atomic E-state index is 11.6. The van der Waals surface area contributed by atoms with Crippen molar-refractivity contribution in [2.75, 3.05) is 27.7 Å². The molecule has 0 aromatic heterocycles. The van der Waals surface area contributed by atoms with Crippen molar-refractivity contribution in [2.45, 2.75) is 44.2 Å². The molecule has 0 aromatic rings. The molecule has 0 aromatic carbocycles. The fraction of sp³-hybridized carbons (Fsp3) is 0.917. The number of nitrogens with two attached hydrogens (primary N) is 1. The Morgan fingerprint density at radius 1 is 1.19 bits per heavy atom. The van der Waals surface area contributed by atoms with Crippen LogP contribution in [-0.2, 0) is 4.79 Å². The smallest absolute Gasteiger partial charge is 0.236 e. The molecule has 2 N–H and O–H groups in total. The molecule has 0 radical (unpaired) electrons. The lowest BCUT2D eigenvalue weighted by Crippen LogP contribution is -2.48. The minimum atomic E-state index is 0.152. The van der Waals surface area contributed by atoms with Gasteiger partial charge in [0.15, 0.2) is 0 Å². The zero-order valence-electron chi connectivity index (χ0n) is 10.8. The molecule has 1 saturated carbocycles. The highest BCUT2D eigenvalue weighted by molar-refractivity contribution is 5.77. The lowest BCUT2D eigenvalue weighted by atomic mass is 10.0. The first kappa shape index (κ1) is 13.5. The normalized spacial score (nSPS) is 26.6. The van der Waals surface area contributed by atoms with E-state index in [0.29, 0.717) is 12.6 Å². The second kappa shape index (κ2) is 6.21. The second-order valence-electron chi connectivity index (χ2n) is 5.07. The van der Waals surface area contributed by atoms with E-state index in [-0.39, 0.29) is 11.9 Å². The summed E-state index contributed by atoms with van der Waals surface area (Å²) in [6.07, 6.45) is 5.95. The van der Waals surface area contributed by atoms with Crippen molar-refractivity contribution in [3.05, 3.63) is 0 Å². The molecule has 94 valence electrons. The molecule has 1 amide bonds. The highest BCUT2D eigenvalue weighted by Crippen LogP contribution is 2.20. The first-order chi connectivity index (χ1) is 7.52. The fourth-order valence-electron chi connectivity index (χ4n) is 2.34. The molecule has 0 spiro atoms. The summed E-state index contributed by atoms with van der Waals surface area (Å²) in [5.74, 6) is 0.152. The number of rotatable bonds is 3. The highest BCUT2D eigenvalue weighted by Gasteiger charge is 2.25. The number of carbonyl (C=O) groups is 1. The average Bonchev–Trinajstić information content (AvgIpc) is 2.42. The lowest BCUT2D eigenvalue weighted by Gasteiger charge is -2.31. The van der Waals surface area contributed by atoms with Gasteiger partial charge in [-0.2, -0.15) is 0 Å². The van der Waals surface area contributed by atoms with E-state index in [2.05, 4.69) is 4.90 Å². The fourth-order valence-corrected chi connectivity index (χ4v) is 2.34. The van der Waals surface area contributed by atoms with Crippen LogP contribution in [0.4, 0.5) is 0 Å². The monoisotopic (exact) mass is 227 g/mol. The predicted octanol–water partition coefficient (Wildman–Crippen LogP) is 0.666. The Labute approximate surface area is 98.8 Å². The molecular weight excluding hydrogens is 202 g/mol. The van der Waals surface area contributed by atoms with Crippen LogP contribution in [0.15, 0.2) is 0 Å². The number of hydrogen-bond donors (Lipinski definition) is 1. The van der Waals surface area contributed by atoms with Crippen LogP contribution < -0.4 is 5.73 Å². The molecular formula is C12H25N3O. The van der Waals surface area contributed by atoms with Crippen LogP contribution in [0, 0.1) is 0 Å². The van der Waals surface area contributed by atoms with Crippen molar-refractivity contribution in [1.82, 2.24) is 9.80 Å². The minimum absolute atomic E-state index is 0.152. The molecule has 2 atom stereocenters. The summed E-state index contributed by atoms with van der Waals surface area (Å²) >= 11 is 0. The van der Waals surface area contributed by atoms with E-state index in [1.807, 2.05) is 7.05 Å². The zero-order chi connectivity index (χ0) is 12.1. The van der Waals surface area contributed by atoms with Gasteiger partial charge in [-0.15, -0.1) is 0 Å². The summed E-state index contributed by atoms with van der Waals surface area (Å²) in [6.45, 7) is 0.478. The number of likely N-dealkylation sites (N-methyl/N-ethyl adjacent to an activating group) is 2. The Kier molecular flexibility index (Phi) is 5.22. The summed E-state index contributed by atoms with van der Waals surface area (Å²) < 4.78 is 0. The summed E-state index contributed by atoms with van der Waals surface area (Å²) in [6, 6.07) is 0.592. The standard InChI is InChI=1S/C12H25N3O/c1-14(2)12(16)9-15(3)11-8-6-4-5-7-10(11)13/h10-11H,4-9,13H2,1-3H3. The molecule has 4 nitrogen and oxygen atoms in total. The van der Waals surface area contributed by atoms with Crippen LogP contribution in [0.3, 0.4) is 0 Å². The number of carbonyl (C=O) groups excluding carboxylic acids is 1. The minimum Gasteiger partial charge on any atom is -0.348 e. The van der Waals surface area contributed by atoms with Crippen LogP contribution in [0.1, 0.15) is 32.1 Å². The second-order valence-corrected chi connectivity index (χ2v) is 5.07. The van der Waals surface area contributed by atoms with E-state index < -0.39 is 0 Å². The predicted molar refractivity (Wildman–Crippen MR) is 66.2 cm³/mol. The largest absolute Gasteiger partial charge is 0.348 e. The van der Waals surface area contributed by atoms with Crippen LogP contribution in [-0.4, -0.2) is 55.5 Å². The van der Waals surface area contributed by atoms with Crippen LogP contribution >= 0.6 is 0 Å². The summed E-state index contributed by atoms with van der Waals surface area (Å²) in [5, 5.41) is 0. The molecule has 0 saturated heterocycles. The molecule has 1 fully saturated rings. The molecule has 1 aliphatic carbocycles. The van der Waals surface area contributed by atoms with Crippen LogP contribution in [0.5, 0.6) is 0 Å². The van der Waals surface area contributed by atoms with Gasteiger partial charge in [0, 0.05) is 26.2 Å². The third kappa shape index (κ3) is 3.76. The highest BCUT2D eigenvalue weighted by atomic mass is 16.2.